The van der Waals surface area contributed by atoms with Gasteiger partial charge < -0.3 is 29.5 Å². The van der Waals surface area contributed by atoms with E-state index < -0.39 is 22.4 Å². The van der Waals surface area contributed by atoms with Crippen LogP contribution in [0, 0.1) is 0 Å². The van der Waals surface area contributed by atoms with Crippen LogP contribution in [0.25, 0.3) is 0 Å². The Morgan fingerprint density at radius 2 is 0.907 bits per heavy atom. The van der Waals surface area contributed by atoms with Crippen LogP contribution >= 0.6 is 23.2 Å². The van der Waals surface area contributed by atoms with E-state index in [4.69, 9.17) is 32.7 Å². The topological polar surface area (TPSA) is 99.5 Å². The zero-order valence-corrected chi connectivity index (χ0v) is 33.5. The van der Waals surface area contributed by atoms with E-state index in [-0.39, 0.29) is 24.3 Å². The minimum absolute atomic E-state index is 0.120. The summed E-state index contributed by atoms with van der Waals surface area (Å²) in [6.07, 6.45) is 1.20. The van der Waals surface area contributed by atoms with Gasteiger partial charge in [-0.15, -0.1) is 0 Å². The summed E-state index contributed by atoms with van der Waals surface area (Å²) in [4.78, 5) is 29.4. The SMILES string of the molecule is C[C@@H](c1ccc(Cl)cc1)N1CC[C@@](CC(C)(C)O)(c2ccccc2)OC1=O.C[C@@H](c1ccc(Cl)cc1)N1CC[C@](CC(C)(C)O)(c2ccccc2)OC1=O. The van der Waals surface area contributed by atoms with Crippen LogP contribution < -0.4 is 0 Å². The number of aliphatic hydroxyl groups is 2. The summed E-state index contributed by atoms with van der Waals surface area (Å²) in [6.45, 7) is 12.0. The number of amides is 2. The molecule has 54 heavy (non-hydrogen) atoms. The maximum atomic E-state index is 12.9. The molecule has 8 nitrogen and oxygen atoms in total. The van der Waals surface area contributed by atoms with Crippen LogP contribution in [0.4, 0.5) is 9.59 Å². The van der Waals surface area contributed by atoms with E-state index in [0.717, 1.165) is 22.3 Å². The largest absolute Gasteiger partial charge is 0.438 e. The molecule has 0 radical (unpaired) electrons. The van der Waals surface area contributed by atoms with Crippen LogP contribution in [-0.2, 0) is 20.7 Å². The number of ether oxygens (including phenoxy) is 2. The third kappa shape index (κ3) is 10.2. The zero-order valence-electron chi connectivity index (χ0n) is 32.0. The molecule has 10 heteroatoms. The molecule has 2 heterocycles. The summed E-state index contributed by atoms with van der Waals surface area (Å²) in [6, 6.07) is 34.2. The van der Waals surface area contributed by atoms with Gasteiger partial charge in [-0.2, -0.15) is 0 Å². The Balaban J connectivity index is 0.000000208. The lowest BCUT2D eigenvalue weighted by Gasteiger charge is -2.45. The molecule has 2 fully saturated rings. The van der Waals surface area contributed by atoms with Crippen molar-refractivity contribution in [2.24, 2.45) is 0 Å². The summed E-state index contributed by atoms with van der Waals surface area (Å²) >= 11 is 11.9. The Bertz CT molecular complexity index is 1710. The first-order valence-corrected chi connectivity index (χ1v) is 19.2. The van der Waals surface area contributed by atoms with E-state index in [1.54, 1.807) is 37.5 Å². The molecular weight excluding hydrogens is 723 g/mol. The van der Waals surface area contributed by atoms with Gasteiger partial charge >= 0.3 is 12.2 Å². The molecule has 4 aromatic carbocycles. The van der Waals surface area contributed by atoms with E-state index in [2.05, 4.69) is 0 Å². The first-order chi connectivity index (χ1) is 25.4. The van der Waals surface area contributed by atoms with Gasteiger partial charge in [0.05, 0.1) is 23.3 Å². The molecule has 2 N–H and O–H groups in total. The highest BCUT2D eigenvalue weighted by Gasteiger charge is 2.47. The third-order valence-electron chi connectivity index (χ3n) is 10.2. The minimum atomic E-state index is -0.958. The standard InChI is InChI=1S/2C22H26ClNO3/c2*1-16(17-9-11-19(23)12-10-17)24-14-13-22(27-20(24)25,15-21(2,3)26)18-7-5-4-6-8-18/h2*4-12,16,26H,13-15H2,1-3H3/t16-,22+;16-,22-/m00/s1. The van der Waals surface area contributed by atoms with Crippen molar-refractivity contribution in [1.82, 2.24) is 9.80 Å². The molecule has 0 spiro atoms. The maximum absolute atomic E-state index is 12.9. The fourth-order valence-corrected chi connectivity index (χ4v) is 7.88. The molecule has 2 saturated heterocycles. The highest BCUT2D eigenvalue weighted by molar-refractivity contribution is 6.30. The molecule has 2 aliphatic heterocycles. The number of carbonyl (C=O) groups is 2. The van der Waals surface area contributed by atoms with Crippen LogP contribution in [0.2, 0.25) is 10.0 Å². The smallest absolute Gasteiger partial charge is 0.411 e. The third-order valence-corrected chi connectivity index (χ3v) is 10.7. The molecule has 0 bridgehead atoms. The molecule has 6 rings (SSSR count). The molecule has 0 unspecified atom stereocenters. The quantitative estimate of drug-likeness (QED) is 0.166. The van der Waals surface area contributed by atoms with Crippen LogP contribution in [0.15, 0.2) is 109 Å². The molecule has 0 aliphatic carbocycles. The van der Waals surface area contributed by atoms with Gasteiger partial charge in [-0.3, -0.25) is 0 Å². The number of hydrogen-bond donors (Lipinski definition) is 2. The average Bonchev–Trinajstić information content (AvgIpc) is 3.11. The molecule has 2 aliphatic rings. The molecular formula is C44H52Cl2N2O6. The van der Waals surface area contributed by atoms with E-state index in [0.29, 0.717) is 48.8 Å². The molecule has 4 atom stereocenters. The summed E-state index contributed by atoms with van der Waals surface area (Å²) in [5.74, 6) is 0. The average molecular weight is 776 g/mol. The molecule has 0 saturated carbocycles. The first kappa shape index (κ1) is 41.1. The summed E-state index contributed by atoms with van der Waals surface area (Å²) < 4.78 is 12.0. The van der Waals surface area contributed by atoms with Gasteiger partial charge in [0.1, 0.15) is 11.2 Å². The van der Waals surface area contributed by atoms with Gasteiger partial charge in [-0.1, -0.05) is 108 Å². The van der Waals surface area contributed by atoms with Crippen molar-refractivity contribution in [1.29, 1.82) is 0 Å². The number of hydrogen-bond acceptors (Lipinski definition) is 6. The second kappa shape index (κ2) is 16.7. The number of halogens is 2. The van der Waals surface area contributed by atoms with Crippen LogP contribution in [0.1, 0.15) is 102 Å². The van der Waals surface area contributed by atoms with E-state index in [1.165, 1.54) is 0 Å². The van der Waals surface area contributed by atoms with Gasteiger partial charge in [-0.05, 0) is 88.1 Å². The number of cyclic esters (lactones) is 2. The Labute approximate surface area is 329 Å². The first-order valence-electron chi connectivity index (χ1n) is 18.5. The number of rotatable bonds is 10. The molecule has 4 aromatic rings. The maximum Gasteiger partial charge on any atom is 0.411 e. The van der Waals surface area contributed by atoms with Crippen molar-refractivity contribution < 1.29 is 29.3 Å². The number of benzene rings is 4. The number of nitrogens with zero attached hydrogens (tertiary/aromatic N) is 2. The van der Waals surface area contributed by atoms with Crippen molar-refractivity contribution in [2.75, 3.05) is 13.1 Å². The monoisotopic (exact) mass is 774 g/mol. The summed E-state index contributed by atoms with van der Waals surface area (Å²) in [7, 11) is 0. The van der Waals surface area contributed by atoms with Crippen molar-refractivity contribution in [3.8, 4) is 0 Å². The molecule has 288 valence electrons. The van der Waals surface area contributed by atoms with E-state index >= 15 is 0 Å². The van der Waals surface area contributed by atoms with Crippen molar-refractivity contribution >= 4 is 35.4 Å². The fraction of sp³-hybridized carbons (Fsp3) is 0.409. The second-order valence-corrected chi connectivity index (χ2v) is 16.6. The van der Waals surface area contributed by atoms with Gasteiger partial charge in [0.15, 0.2) is 0 Å². The highest BCUT2D eigenvalue weighted by Crippen LogP contribution is 2.44. The van der Waals surface area contributed by atoms with Crippen molar-refractivity contribution in [3.05, 3.63) is 141 Å². The Hall–Kier alpha value is -4.08. The van der Waals surface area contributed by atoms with Gasteiger partial charge in [0.2, 0.25) is 0 Å². The Morgan fingerprint density at radius 1 is 0.593 bits per heavy atom. The molecule has 0 aromatic heterocycles. The van der Waals surface area contributed by atoms with Crippen LogP contribution in [-0.4, -0.2) is 56.5 Å². The van der Waals surface area contributed by atoms with Gasteiger partial charge in [0.25, 0.3) is 0 Å². The predicted molar refractivity (Wildman–Crippen MR) is 213 cm³/mol. The zero-order chi connectivity index (χ0) is 39.3. The molecule has 2 amide bonds. The lowest BCUT2D eigenvalue weighted by atomic mass is 9.80. The minimum Gasteiger partial charge on any atom is -0.438 e. The van der Waals surface area contributed by atoms with Crippen LogP contribution in [0.5, 0.6) is 0 Å². The fourth-order valence-electron chi connectivity index (χ4n) is 7.63. The lowest BCUT2D eigenvalue weighted by Crippen LogP contribution is -2.51. The van der Waals surface area contributed by atoms with E-state index in [9.17, 15) is 19.8 Å². The normalized spacial score (nSPS) is 21.7. The van der Waals surface area contributed by atoms with Crippen molar-refractivity contribution in [3.63, 3.8) is 0 Å². The number of carbonyl (C=O) groups excluding carboxylic acids is 2. The Kier molecular flexibility index (Phi) is 12.7. The Morgan fingerprint density at radius 3 is 1.19 bits per heavy atom. The van der Waals surface area contributed by atoms with Gasteiger partial charge in [0, 0.05) is 48.8 Å². The highest BCUT2D eigenvalue weighted by atomic mass is 35.5. The summed E-state index contributed by atoms with van der Waals surface area (Å²) in [5.41, 5.74) is 0.274. The van der Waals surface area contributed by atoms with E-state index in [1.807, 2.05) is 123 Å². The van der Waals surface area contributed by atoms with Gasteiger partial charge in [-0.25, -0.2) is 9.59 Å². The second-order valence-electron chi connectivity index (χ2n) is 15.8. The lowest BCUT2D eigenvalue weighted by molar-refractivity contribution is -0.102. The summed E-state index contributed by atoms with van der Waals surface area (Å²) in [5, 5.41) is 22.2. The van der Waals surface area contributed by atoms with Crippen LogP contribution in [0.3, 0.4) is 0 Å². The van der Waals surface area contributed by atoms with Crippen molar-refractivity contribution in [2.45, 2.75) is 102 Å². The predicted octanol–water partition coefficient (Wildman–Crippen LogP) is 10.6.